The van der Waals surface area contributed by atoms with Crippen LogP contribution in [-0.2, 0) is 0 Å². The van der Waals surface area contributed by atoms with Crippen molar-refractivity contribution in [3.63, 3.8) is 0 Å². The summed E-state index contributed by atoms with van der Waals surface area (Å²) < 4.78 is 5.31. The number of aromatic nitrogens is 2. The zero-order chi connectivity index (χ0) is 21.2. The molecule has 5 nitrogen and oxygen atoms in total. The van der Waals surface area contributed by atoms with E-state index in [1.807, 2.05) is 19.1 Å². The molecular formula is C25H26N4OS. The lowest BCUT2D eigenvalue weighted by atomic mass is 10.1. The molecule has 0 atom stereocenters. The predicted octanol–water partition coefficient (Wildman–Crippen LogP) is 6.41. The first-order valence-corrected chi connectivity index (χ1v) is 11.6. The van der Waals surface area contributed by atoms with Crippen LogP contribution in [0, 0.1) is 6.92 Å². The Morgan fingerprint density at radius 2 is 1.68 bits per heavy atom. The first-order valence-electron chi connectivity index (χ1n) is 10.7. The lowest BCUT2D eigenvalue weighted by molar-refractivity contribution is 0.415. The zero-order valence-corrected chi connectivity index (χ0v) is 18.7. The van der Waals surface area contributed by atoms with E-state index in [1.165, 1.54) is 24.9 Å². The Morgan fingerprint density at radius 1 is 0.935 bits per heavy atom. The smallest absolute Gasteiger partial charge is 0.143 e. The highest BCUT2D eigenvalue weighted by molar-refractivity contribution is 7.17. The van der Waals surface area contributed by atoms with Crippen LogP contribution in [0.2, 0.25) is 0 Å². The zero-order valence-electron chi connectivity index (χ0n) is 17.9. The van der Waals surface area contributed by atoms with Gasteiger partial charge in [-0.1, -0.05) is 12.1 Å². The predicted molar refractivity (Wildman–Crippen MR) is 130 cm³/mol. The van der Waals surface area contributed by atoms with E-state index in [1.54, 1.807) is 18.4 Å². The van der Waals surface area contributed by atoms with Crippen molar-refractivity contribution in [3.8, 4) is 16.9 Å². The van der Waals surface area contributed by atoms with E-state index in [0.29, 0.717) is 0 Å². The summed E-state index contributed by atoms with van der Waals surface area (Å²) in [6, 6.07) is 16.8. The fourth-order valence-corrected chi connectivity index (χ4v) is 5.16. The average molecular weight is 431 g/mol. The third kappa shape index (κ3) is 4.08. The van der Waals surface area contributed by atoms with Crippen LogP contribution in [0.25, 0.3) is 21.3 Å². The molecule has 0 amide bonds. The van der Waals surface area contributed by atoms with Gasteiger partial charge in [-0.05, 0) is 68.1 Å². The van der Waals surface area contributed by atoms with E-state index in [-0.39, 0.29) is 0 Å². The molecule has 0 spiro atoms. The maximum atomic E-state index is 5.31. The van der Waals surface area contributed by atoms with Crippen molar-refractivity contribution < 1.29 is 4.74 Å². The molecule has 0 radical (unpaired) electrons. The van der Waals surface area contributed by atoms with Gasteiger partial charge in [-0.3, -0.25) is 0 Å². The molecule has 3 heterocycles. The van der Waals surface area contributed by atoms with Crippen molar-refractivity contribution in [3.05, 3.63) is 59.7 Å². The number of methoxy groups -OCH3 is 1. The van der Waals surface area contributed by atoms with E-state index in [2.05, 4.69) is 57.0 Å². The maximum Gasteiger partial charge on any atom is 0.143 e. The Balaban J connectivity index is 1.48. The number of hydrogen-bond donors (Lipinski definition) is 1. The Hall–Kier alpha value is -3.12. The fraction of sp³-hybridized carbons (Fsp3) is 0.280. The van der Waals surface area contributed by atoms with Crippen LogP contribution < -0.4 is 15.0 Å². The Kier molecular flexibility index (Phi) is 5.47. The van der Waals surface area contributed by atoms with Gasteiger partial charge in [0.05, 0.1) is 12.5 Å². The van der Waals surface area contributed by atoms with Crippen molar-refractivity contribution in [2.45, 2.75) is 26.2 Å². The number of hydrogen-bond acceptors (Lipinski definition) is 6. The number of thiophene rings is 1. The van der Waals surface area contributed by atoms with Gasteiger partial charge >= 0.3 is 0 Å². The minimum atomic E-state index is 0.767. The van der Waals surface area contributed by atoms with Gasteiger partial charge in [0.2, 0.25) is 0 Å². The summed E-state index contributed by atoms with van der Waals surface area (Å²) in [4.78, 5) is 12.9. The molecule has 0 bridgehead atoms. The summed E-state index contributed by atoms with van der Waals surface area (Å²) >= 11 is 1.65. The number of nitrogens with one attached hydrogen (secondary N) is 1. The molecule has 5 rings (SSSR count). The molecule has 2 aromatic heterocycles. The molecule has 1 saturated heterocycles. The minimum absolute atomic E-state index is 0.767. The van der Waals surface area contributed by atoms with Crippen LogP contribution in [0.1, 0.15) is 25.1 Å². The summed E-state index contributed by atoms with van der Waals surface area (Å²) in [5.74, 6) is 2.46. The van der Waals surface area contributed by atoms with Gasteiger partial charge in [-0.25, -0.2) is 9.97 Å². The maximum absolute atomic E-state index is 5.31. The average Bonchev–Trinajstić information content (AvgIpc) is 3.24. The molecule has 4 aromatic rings. The third-order valence-corrected chi connectivity index (χ3v) is 6.67. The summed E-state index contributed by atoms with van der Waals surface area (Å²) in [6.45, 7) is 4.24. The summed E-state index contributed by atoms with van der Waals surface area (Å²) in [5.41, 5.74) is 4.59. The van der Waals surface area contributed by atoms with Gasteiger partial charge in [0.25, 0.3) is 0 Å². The number of benzene rings is 2. The monoisotopic (exact) mass is 430 g/mol. The largest absolute Gasteiger partial charge is 0.497 e. The standard InChI is InChI=1S/C25H26N4OS/c1-17-26-24(28-19-8-10-20(11-9-19)29-14-4-3-5-15-29)23-22(16-31-25(23)27-17)18-6-12-21(30-2)13-7-18/h6-13,16H,3-5,14-15H2,1-2H3,(H,26,27,28). The van der Waals surface area contributed by atoms with Crippen LogP contribution >= 0.6 is 11.3 Å². The molecule has 0 unspecified atom stereocenters. The highest BCUT2D eigenvalue weighted by Gasteiger charge is 2.15. The number of fused-ring (bicyclic) bond motifs is 1. The normalized spacial score (nSPS) is 14.1. The lowest BCUT2D eigenvalue weighted by Gasteiger charge is -2.28. The third-order valence-electron chi connectivity index (χ3n) is 5.80. The van der Waals surface area contributed by atoms with Crippen LogP contribution in [0.3, 0.4) is 0 Å². The topological polar surface area (TPSA) is 50.3 Å². The second-order valence-electron chi connectivity index (χ2n) is 7.90. The Labute approximate surface area is 186 Å². The van der Waals surface area contributed by atoms with Gasteiger partial charge in [0, 0.05) is 35.4 Å². The van der Waals surface area contributed by atoms with E-state index >= 15 is 0 Å². The van der Waals surface area contributed by atoms with Crippen molar-refractivity contribution in [2.24, 2.45) is 0 Å². The molecule has 0 saturated carbocycles. The van der Waals surface area contributed by atoms with Gasteiger partial charge < -0.3 is 15.0 Å². The first kappa shape index (κ1) is 19.8. The van der Waals surface area contributed by atoms with Crippen molar-refractivity contribution >= 4 is 38.7 Å². The number of piperidine rings is 1. The molecule has 158 valence electrons. The number of nitrogens with zero attached hydrogens (tertiary/aromatic N) is 3. The summed E-state index contributed by atoms with van der Waals surface area (Å²) in [5, 5.41) is 6.76. The Bertz CT molecular complexity index is 1180. The molecule has 1 fully saturated rings. The molecule has 1 aliphatic heterocycles. The fourth-order valence-electron chi connectivity index (χ4n) is 4.17. The van der Waals surface area contributed by atoms with Crippen LogP contribution in [0.5, 0.6) is 5.75 Å². The van der Waals surface area contributed by atoms with Gasteiger partial charge in [0.1, 0.15) is 22.2 Å². The van der Waals surface area contributed by atoms with Gasteiger partial charge in [-0.15, -0.1) is 11.3 Å². The van der Waals surface area contributed by atoms with E-state index in [9.17, 15) is 0 Å². The van der Waals surface area contributed by atoms with E-state index in [0.717, 1.165) is 57.5 Å². The van der Waals surface area contributed by atoms with Crippen molar-refractivity contribution in [2.75, 3.05) is 30.4 Å². The van der Waals surface area contributed by atoms with Gasteiger partial charge in [0.15, 0.2) is 0 Å². The second kappa shape index (κ2) is 8.55. The Morgan fingerprint density at radius 3 is 2.39 bits per heavy atom. The van der Waals surface area contributed by atoms with Crippen molar-refractivity contribution in [1.29, 1.82) is 0 Å². The van der Waals surface area contributed by atoms with Crippen LogP contribution in [0.15, 0.2) is 53.9 Å². The molecule has 6 heteroatoms. The highest BCUT2D eigenvalue weighted by atomic mass is 32.1. The second-order valence-corrected chi connectivity index (χ2v) is 8.76. The minimum Gasteiger partial charge on any atom is -0.497 e. The van der Waals surface area contributed by atoms with E-state index < -0.39 is 0 Å². The molecule has 0 aliphatic carbocycles. The number of aryl methyl sites for hydroxylation is 1. The molecular weight excluding hydrogens is 404 g/mol. The van der Waals surface area contributed by atoms with Crippen LogP contribution in [0.4, 0.5) is 17.2 Å². The molecule has 31 heavy (non-hydrogen) atoms. The van der Waals surface area contributed by atoms with Crippen LogP contribution in [-0.4, -0.2) is 30.2 Å². The van der Waals surface area contributed by atoms with Gasteiger partial charge in [-0.2, -0.15) is 0 Å². The molecule has 1 N–H and O–H groups in total. The number of ether oxygens (including phenoxy) is 1. The highest BCUT2D eigenvalue weighted by Crippen LogP contribution is 2.38. The number of rotatable bonds is 5. The summed E-state index contributed by atoms with van der Waals surface area (Å²) in [6.07, 6.45) is 3.91. The quantitative estimate of drug-likeness (QED) is 0.396. The SMILES string of the molecule is COc1ccc(-c2csc3nc(C)nc(Nc4ccc(N5CCCCC5)cc4)c23)cc1. The van der Waals surface area contributed by atoms with E-state index in [4.69, 9.17) is 9.72 Å². The lowest BCUT2D eigenvalue weighted by Crippen LogP contribution is -2.29. The molecule has 1 aliphatic rings. The molecule has 2 aromatic carbocycles. The summed E-state index contributed by atoms with van der Waals surface area (Å²) in [7, 11) is 1.68. The number of anilines is 3. The first-order chi connectivity index (χ1) is 15.2. The van der Waals surface area contributed by atoms with Crippen molar-refractivity contribution in [1.82, 2.24) is 9.97 Å².